The minimum absolute atomic E-state index is 0.0675. The molecule has 0 amide bonds. The summed E-state index contributed by atoms with van der Waals surface area (Å²) in [7, 11) is 0. The molecular formula is C32H32O8. The molecule has 0 saturated carbocycles. The van der Waals surface area contributed by atoms with E-state index in [1.807, 2.05) is 33.8 Å². The topological polar surface area (TPSA) is 149 Å². The van der Waals surface area contributed by atoms with Gasteiger partial charge >= 0.3 is 0 Å². The molecule has 0 atom stereocenters. The number of rotatable bonds is 6. The van der Waals surface area contributed by atoms with Gasteiger partial charge in [-0.1, -0.05) is 35.5 Å². The molecule has 8 nitrogen and oxygen atoms in total. The molecule has 4 rings (SSSR count). The average molecular weight is 545 g/mol. The minimum Gasteiger partial charge on any atom is -0.507 e. The fraction of sp³-hybridized carbons (Fsp3) is 0.312. The molecule has 0 radical (unpaired) electrons. The Labute approximate surface area is 232 Å². The summed E-state index contributed by atoms with van der Waals surface area (Å²) in [6.45, 7) is 7.45. The highest BCUT2D eigenvalue weighted by atomic mass is 16.3. The normalized spacial score (nSPS) is 14.8. The van der Waals surface area contributed by atoms with Crippen molar-refractivity contribution in [2.75, 3.05) is 0 Å². The molecule has 40 heavy (non-hydrogen) atoms. The Kier molecular flexibility index (Phi) is 7.82. The maximum atomic E-state index is 12.9. The third-order valence-electron chi connectivity index (χ3n) is 7.20. The number of fused-ring (bicyclic) bond motifs is 2. The maximum absolute atomic E-state index is 12.9. The van der Waals surface area contributed by atoms with Crippen molar-refractivity contribution < 1.29 is 39.6 Å². The first-order valence-electron chi connectivity index (χ1n) is 13.2. The molecule has 0 unspecified atom stereocenters. The van der Waals surface area contributed by atoms with Gasteiger partial charge < -0.3 is 20.4 Å². The van der Waals surface area contributed by atoms with Crippen LogP contribution < -0.4 is 0 Å². The van der Waals surface area contributed by atoms with E-state index < -0.39 is 46.1 Å². The van der Waals surface area contributed by atoms with Gasteiger partial charge in [0.2, 0.25) is 0 Å². The largest absolute Gasteiger partial charge is 0.507 e. The lowest BCUT2D eigenvalue weighted by molar-refractivity contribution is 0.0884. The fourth-order valence-electron chi connectivity index (χ4n) is 5.33. The average Bonchev–Trinajstić information content (AvgIpc) is 2.88. The Balaban J connectivity index is 2.20. The maximum Gasteiger partial charge on any atom is 0.167 e. The molecule has 0 spiro atoms. The van der Waals surface area contributed by atoms with Gasteiger partial charge in [-0.05, 0) is 40.5 Å². The lowest BCUT2D eigenvalue weighted by Gasteiger charge is -2.26. The van der Waals surface area contributed by atoms with Crippen LogP contribution in [0.15, 0.2) is 29.4 Å². The summed E-state index contributed by atoms with van der Waals surface area (Å²) in [5.41, 5.74) is 0.149. The van der Waals surface area contributed by atoms with Crippen molar-refractivity contribution >= 4 is 29.2 Å². The van der Waals surface area contributed by atoms with Crippen LogP contribution in [0.2, 0.25) is 0 Å². The van der Waals surface area contributed by atoms with E-state index in [-0.39, 0.29) is 76.6 Å². The van der Waals surface area contributed by atoms with Crippen LogP contribution in [-0.4, -0.2) is 43.6 Å². The number of ketones is 4. The second-order valence-electron chi connectivity index (χ2n) is 10.7. The van der Waals surface area contributed by atoms with Crippen molar-refractivity contribution in [2.45, 2.75) is 66.2 Å². The Bertz CT molecular complexity index is 1580. The molecule has 0 fully saturated rings. The highest BCUT2D eigenvalue weighted by Crippen LogP contribution is 2.54. The summed E-state index contributed by atoms with van der Waals surface area (Å²) in [4.78, 5) is 51.5. The zero-order chi connectivity index (χ0) is 29.5. The van der Waals surface area contributed by atoms with Crippen LogP contribution >= 0.6 is 0 Å². The van der Waals surface area contributed by atoms with Crippen molar-refractivity contribution in [2.24, 2.45) is 0 Å². The standard InChI is InChI=1S/C32H32O8/c1-15(2)7-5-9-17-23(31(39)27-21(35)13-11-19(33)25(27)29(17)37)24-18(10-6-8-16(3)4)30(38)26-20(34)12-14-22(36)28(26)32(24)40/h5,7-9,37-40H,6,10-14H2,1-4H3. The van der Waals surface area contributed by atoms with Crippen molar-refractivity contribution in [3.8, 4) is 34.1 Å². The number of carbonyl (C=O) groups excluding carboxylic acids is 4. The van der Waals surface area contributed by atoms with E-state index in [1.165, 1.54) is 6.08 Å². The number of hydrogen-bond donors (Lipinski definition) is 4. The predicted molar refractivity (Wildman–Crippen MR) is 151 cm³/mol. The van der Waals surface area contributed by atoms with Crippen molar-refractivity contribution in [3.63, 3.8) is 0 Å². The van der Waals surface area contributed by atoms with E-state index in [0.717, 1.165) is 11.1 Å². The third kappa shape index (κ3) is 4.85. The van der Waals surface area contributed by atoms with Gasteiger partial charge in [-0.25, -0.2) is 0 Å². The molecule has 0 heterocycles. The lowest BCUT2D eigenvalue weighted by atomic mass is 9.78. The fourth-order valence-corrected chi connectivity index (χ4v) is 5.33. The monoisotopic (exact) mass is 544 g/mol. The highest BCUT2D eigenvalue weighted by molar-refractivity contribution is 6.21. The summed E-state index contributed by atoms with van der Waals surface area (Å²) in [6, 6.07) is 0. The molecule has 0 aromatic heterocycles. The Hall–Kier alpha value is -4.46. The van der Waals surface area contributed by atoms with Gasteiger partial charge in [0.05, 0.1) is 22.3 Å². The summed E-state index contributed by atoms with van der Waals surface area (Å²) in [5, 5.41) is 45.9. The Morgan fingerprint density at radius 3 is 1.52 bits per heavy atom. The van der Waals surface area contributed by atoms with E-state index in [9.17, 15) is 39.6 Å². The van der Waals surface area contributed by atoms with Gasteiger partial charge in [0.15, 0.2) is 23.1 Å². The first-order valence-corrected chi connectivity index (χ1v) is 13.2. The molecule has 0 bridgehead atoms. The van der Waals surface area contributed by atoms with Gasteiger partial charge in [0, 0.05) is 47.9 Å². The molecule has 0 aliphatic heterocycles. The van der Waals surface area contributed by atoms with Crippen molar-refractivity contribution in [1.82, 2.24) is 0 Å². The molecule has 2 aromatic rings. The van der Waals surface area contributed by atoms with E-state index in [0.29, 0.717) is 6.42 Å². The molecule has 8 heteroatoms. The van der Waals surface area contributed by atoms with Crippen LogP contribution in [0.25, 0.3) is 17.2 Å². The van der Waals surface area contributed by atoms with E-state index in [1.54, 1.807) is 12.2 Å². The summed E-state index contributed by atoms with van der Waals surface area (Å²) in [5.74, 6) is -4.51. The SMILES string of the molecule is CC(C)=CC=Cc1c(O)c2c(c(O)c1-c1c(O)c3c(c(O)c1CCC=C(C)C)C(=O)CCC3=O)C(=O)CCC2=O. The first-order chi connectivity index (χ1) is 18.9. The predicted octanol–water partition coefficient (Wildman–Crippen LogP) is 6.37. The minimum atomic E-state index is -0.657. The number of allylic oxidation sites excluding steroid dienone is 5. The molecule has 2 aliphatic rings. The van der Waals surface area contributed by atoms with Gasteiger partial charge in [-0.15, -0.1) is 0 Å². The molecule has 2 aliphatic carbocycles. The number of carbonyl (C=O) groups is 4. The van der Waals surface area contributed by atoms with Crippen LogP contribution in [-0.2, 0) is 6.42 Å². The van der Waals surface area contributed by atoms with Crippen LogP contribution in [0, 0.1) is 0 Å². The number of phenolic OH excluding ortho intramolecular Hbond substituents is 4. The zero-order valence-corrected chi connectivity index (χ0v) is 23.0. The smallest absolute Gasteiger partial charge is 0.167 e. The van der Waals surface area contributed by atoms with Gasteiger partial charge in [0.1, 0.15) is 23.0 Å². The van der Waals surface area contributed by atoms with Crippen molar-refractivity contribution in [3.05, 3.63) is 62.8 Å². The number of hydrogen-bond acceptors (Lipinski definition) is 8. The second-order valence-corrected chi connectivity index (χ2v) is 10.7. The van der Waals surface area contributed by atoms with Crippen LogP contribution in [0.1, 0.15) is 112 Å². The molecule has 208 valence electrons. The van der Waals surface area contributed by atoms with E-state index in [2.05, 4.69) is 0 Å². The number of Topliss-reactive ketones (excluding diaryl/α,β-unsaturated/α-hetero) is 4. The highest BCUT2D eigenvalue weighted by Gasteiger charge is 2.39. The van der Waals surface area contributed by atoms with Crippen molar-refractivity contribution in [1.29, 1.82) is 0 Å². The van der Waals surface area contributed by atoms with Crippen LogP contribution in [0.4, 0.5) is 0 Å². The lowest BCUT2D eigenvalue weighted by Crippen LogP contribution is -2.20. The molecular weight excluding hydrogens is 512 g/mol. The zero-order valence-electron chi connectivity index (χ0n) is 23.0. The summed E-state index contributed by atoms with van der Waals surface area (Å²) < 4.78 is 0. The number of aromatic hydroxyl groups is 4. The van der Waals surface area contributed by atoms with E-state index >= 15 is 0 Å². The molecule has 0 saturated heterocycles. The van der Waals surface area contributed by atoms with Crippen LogP contribution in [0.3, 0.4) is 0 Å². The quantitative estimate of drug-likeness (QED) is 0.186. The third-order valence-corrected chi connectivity index (χ3v) is 7.20. The number of benzene rings is 2. The second kappa shape index (κ2) is 11.0. The molecule has 2 aromatic carbocycles. The van der Waals surface area contributed by atoms with E-state index in [4.69, 9.17) is 0 Å². The Morgan fingerprint density at radius 1 is 0.600 bits per heavy atom. The molecule has 4 N–H and O–H groups in total. The number of phenols is 4. The van der Waals surface area contributed by atoms with Gasteiger partial charge in [-0.2, -0.15) is 0 Å². The summed E-state index contributed by atoms with van der Waals surface area (Å²) >= 11 is 0. The van der Waals surface area contributed by atoms with Gasteiger partial charge in [0.25, 0.3) is 0 Å². The Morgan fingerprint density at radius 2 is 1.05 bits per heavy atom. The first kappa shape index (κ1) is 28.5. The van der Waals surface area contributed by atoms with Gasteiger partial charge in [-0.3, -0.25) is 19.2 Å². The van der Waals surface area contributed by atoms with Crippen LogP contribution in [0.5, 0.6) is 23.0 Å². The summed E-state index contributed by atoms with van der Waals surface area (Å²) in [6.07, 6.45) is 6.47.